The molecule has 298 valence electrons. The smallest absolute Gasteiger partial charge is 0.315 e. The minimum Gasteiger partial charge on any atom is -0.345 e. The minimum atomic E-state index is -2.69. The number of unbranched alkanes of at least 4 members (excludes halogenated alkanes) is 2. The number of hydrogen-bond donors (Lipinski definition) is 7. The number of Topliss-reactive ketones (excluding diaryl/α,β-unsaturated/α-hetero) is 1. The number of thioether (sulfide) groups is 2. The summed E-state index contributed by atoms with van der Waals surface area (Å²) in [6.07, 6.45) is 5.95. The Labute approximate surface area is 341 Å². The van der Waals surface area contributed by atoms with Crippen LogP contribution in [-0.2, 0) is 30.4 Å². The number of carbonyl (C=O) groups excluding carboxylic acids is 6. The Hall–Kier alpha value is -3.25. The van der Waals surface area contributed by atoms with Crippen LogP contribution >= 0.6 is 48.8 Å². The molecular formula is C38H51N7O6S4. The van der Waals surface area contributed by atoms with Gasteiger partial charge >= 0.3 is 6.03 Å². The van der Waals surface area contributed by atoms with Crippen LogP contribution in [-0.4, -0.2) is 95.7 Å². The maximum absolute atomic E-state index is 15.6. The van der Waals surface area contributed by atoms with Crippen LogP contribution in [0.3, 0.4) is 0 Å². The van der Waals surface area contributed by atoms with Crippen molar-refractivity contribution in [1.82, 2.24) is 31.2 Å². The van der Waals surface area contributed by atoms with Gasteiger partial charge in [0.05, 0.1) is 24.2 Å². The molecule has 2 aromatic rings. The summed E-state index contributed by atoms with van der Waals surface area (Å²) in [5, 5.41) is 11.7. The van der Waals surface area contributed by atoms with Gasteiger partial charge in [-0.15, -0.1) is 37.0 Å². The highest BCUT2D eigenvalue weighted by Crippen LogP contribution is 2.47. The predicted octanol–water partition coefficient (Wildman–Crippen LogP) is 3.54. The topological polar surface area (TPSA) is 193 Å². The van der Waals surface area contributed by atoms with Crippen molar-refractivity contribution in [3.8, 4) is 0 Å². The Morgan fingerprint density at radius 1 is 1.07 bits per heavy atom. The lowest BCUT2D eigenvalue weighted by Gasteiger charge is -2.48. The zero-order chi connectivity index (χ0) is 39.8. The number of nitrogens with one attached hydrogen (secondary N) is 4. The van der Waals surface area contributed by atoms with Gasteiger partial charge in [0.2, 0.25) is 23.3 Å². The van der Waals surface area contributed by atoms with Gasteiger partial charge in [0.25, 0.3) is 5.91 Å². The summed E-state index contributed by atoms with van der Waals surface area (Å²) in [5.41, 5.74) is 4.70. The first-order valence-electron chi connectivity index (χ1n) is 18.7. The summed E-state index contributed by atoms with van der Waals surface area (Å²) in [4.78, 5) is 93.4. The quantitative estimate of drug-likeness (QED) is 0.0488. The fourth-order valence-electron chi connectivity index (χ4n) is 7.70. The Morgan fingerprint density at radius 3 is 2.51 bits per heavy atom. The number of urea groups is 1. The third-order valence-corrected chi connectivity index (χ3v) is 13.3. The Balaban J connectivity index is 1.76. The highest BCUT2D eigenvalue weighted by molar-refractivity contribution is 8.01. The van der Waals surface area contributed by atoms with Crippen LogP contribution in [0.5, 0.6) is 0 Å². The van der Waals surface area contributed by atoms with Gasteiger partial charge in [0.1, 0.15) is 8.95 Å². The van der Waals surface area contributed by atoms with E-state index in [1.54, 1.807) is 54.7 Å². The maximum atomic E-state index is 15.6. The van der Waals surface area contributed by atoms with Gasteiger partial charge in [-0.1, -0.05) is 62.6 Å². The van der Waals surface area contributed by atoms with Crippen LogP contribution in [0.2, 0.25) is 0 Å². The zero-order valence-corrected chi connectivity index (χ0v) is 34.5. The molecule has 3 aliphatic rings. The molecule has 1 aromatic carbocycles. The predicted molar refractivity (Wildman–Crippen MR) is 222 cm³/mol. The molecule has 5 rings (SSSR count). The van der Waals surface area contributed by atoms with E-state index in [2.05, 4.69) is 26.3 Å². The number of imide groups is 1. The van der Waals surface area contributed by atoms with Gasteiger partial charge in [-0.25, -0.2) is 4.79 Å². The number of nitrogens with zero attached hydrogens (tertiary/aromatic N) is 2. The van der Waals surface area contributed by atoms with Crippen LogP contribution in [0.25, 0.3) is 0 Å². The largest absolute Gasteiger partial charge is 0.345 e. The Kier molecular flexibility index (Phi) is 14.7. The summed E-state index contributed by atoms with van der Waals surface area (Å²) < 4.78 is -2.85. The van der Waals surface area contributed by atoms with E-state index in [0.717, 1.165) is 11.3 Å². The first-order valence-corrected chi connectivity index (χ1v) is 22.0. The van der Waals surface area contributed by atoms with Crippen LogP contribution in [0, 0.1) is 0 Å². The number of hydrogen-bond acceptors (Lipinski definition) is 12. The average Bonchev–Trinajstić information content (AvgIpc) is 3.70. The fourth-order valence-corrected chi connectivity index (χ4v) is 10.3. The molecule has 6 N–H and O–H groups in total. The van der Waals surface area contributed by atoms with E-state index in [1.165, 1.54) is 23.5 Å². The number of fused-ring (bicyclic) bond motifs is 2. The number of amides is 6. The molecule has 0 saturated carbocycles. The molecule has 0 bridgehead atoms. The molecule has 3 fully saturated rings. The van der Waals surface area contributed by atoms with E-state index in [-0.39, 0.29) is 44.2 Å². The van der Waals surface area contributed by atoms with Crippen molar-refractivity contribution >= 4 is 84.2 Å². The molecule has 55 heavy (non-hydrogen) atoms. The standard InChI is InChI=1S/C38H51N7O6S4/c1-3-4-6-17-29(47)45(32(48)26(39)18-21-54-2)38(34(50)44-37(52,53)22-25-15-10-12-20-40-25)28(46)16-9-11-19-36(31-27(23-55-36)41-35(51)43-31)33(49)42-30(38)24-13-7-5-8-14-24/h5,7-8,10,12-15,20,26-27,30-31,52-53H,3-4,6,9,11,16-19,21-23,39H2,1-2H3,(H,42,49)(H,44,50)(H2,41,43,51)/t26-,27-,30?,31-,36-,38-/m0/s1. The van der Waals surface area contributed by atoms with Crippen molar-refractivity contribution in [2.24, 2.45) is 5.73 Å². The second kappa shape index (κ2) is 18.8. The Morgan fingerprint density at radius 2 is 1.82 bits per heavy atom. The van der Waals surface area contributed by atoms with E-state index < -0.39 is 62.0 Å². The number of thiol groups is 2. The first kappa shape index (κ1) is 42.9. The number of pyridine rings is 1. The van der Waals surface area contributed by atoms with Crippen molar-refractivity contribution in [3.05, 3.63) is 66.0 Å². The summed E-state index contributed by atoms with van der Waals surface area (Å²) in [6, 6.07) is 9.48. The molecule has 17 heteroatoms. The van der Waals surface area contributed by atoms with E-state index in [4.69, 9.17) is 31.0 Å². The van der Waals surface area contributed by atoms with Gasteiger partial charge in [-0.05, 0) is 55.4 Å². The van der Waals surface area contributed by atoms with Crippen molar-refractivity contribution in [2.75, 3.05) is 17.8 Å². The third-order valence-electron chi connectivity index (χ3n) is 10.4. The average molecular weight is 830 g/mol. The molecular weight excluding hydrogens is 779 g/mol. The fraction of sp³-hybridized carbons (Fsp3) is 0.553. The molecule has 4 heterocycles. The molecule has 13 nitrogen and oxygen atoms in total. The van der Waals surface area contributed by atoms with E-state index in [1.807, 2.05) is 13.2 Å². The van der Waals surface area contributed by atoms with E-state index in [9.17, 15) is 14.4 Å². The lowest BCUT2D eigenvalue weighted by molar-refractivity contribution is -0.168. The monoisotopic (exact) mass is 829 g/mol. The first-order chi connectivity index (χ1) is 26.3. The summed E-state index contributed by atoms with van der Waals surface area (Å²) in [5.74, 6) is -3.08. The van der Waals surface area contributed by atoms with Gasteiger partial charge in [0, 0.05) is 36.9 Å². The number of nitrogens with two attached hydrogens (primary N) is 1. The molecule has 1 spiro atoms. The molecule has 6 atom stereocenters. The van der Waals surface area contributed by atoms with Gasteiger partial charge in [0.15, 0.2) is 5.78 Å². The molecule has 1 aromatic heterocycles. The van der Waals surface area contributed by atoms with E-state index in [0.29, 0.717) is 48.4 Å². The second-order valence-corrected chi connectivity index (χ2v) is 18.5. The van der Waals surface area contributed by atoms with Crippen molar-refractivity contribution in [1.29, 1.82) is 0 Å². The van der Waals surface area contributed by atoms with Crippen molar-refractivity contribution < 1.29 is 28.8 Å². The number of aromatic nitrogens is 1. The minimum absolute atomic E-state index is 0.0143. The second-order valence-electron chi connectivity index (χ2n) is 14.3. The molecule has 6 amide bonds. The van der Waals surface area contributed by atoms with Crippen LogP contribution in [0.1, 0.15) is 82.0 Å². The maximum Gasteiger partial charge on any atom is 0.315 e. The molecule has 0 radical (unpaired) electrons. The normalized spacial score (nSPS) is 26.0. The van der Waals surface area contributed by atoms with Crippen LogP contribution in [0.4, 0.5) is 4.79 Å². The third kappa shape index (κ3) is 9.32. The Bertz CT molecular complexity index is 1720. The summed E-state index contributed by atoms with van der Waals surface area (Å²) in [7, 11) is 0. The van der Waals surface area contributed by atoms with Gasteiger partial charge in [-0.3, -0.25) is 33.9 Å². The number of rotatable bonds is 14. The van der Waals surface area contributed by atoms with Crippen molar-refractivity contribution in [2.45, 2.75) is 110 Å². The summed E-state index contributed by atoms with van der Waals surface area (Å²) >= 11 is 12.3. The molecule has 3 saturated heterocycles. The molecule has 3 aliphatic heterocycles. The molecule has 1 unspecified atom stereocenters. The highest BCUT2D eigenvalue weighted by atomic mass is 32.2. The highest BCUT2D eigenvalue weighted by Gasteiger charge is 2.64. The molecule has 0 aliphatic carbocycles. The van der Waals surface area contributed by atoms with Crippen LogP contribution < -0.4 is 27.0 Å². The van der Waals surface area contributed by atoms with Gasteiger partial charge in [-0.2, -0.15) is 11.8 Å². The van der Waals surface area contributed by atoms with Crippen molar-refractivity contribution in [3.63, 3.8) is 0 Å². The lowest BCUT2D eigenvalue weighted by atomic mass is 9.74. The van der Waals surface area contributed by atoms with Crippen LogP contribution in [0.15, 0.2) is 54.7 Å². The van der Waals surface area contributed by atoms with Gasteiger partial charge < -0.3 is 27.0 Å². The number of benzene rings is 1. The number of ketones is 1. The number of carbonyl (C=O) groups is 6. The lowest BCUT2D eigenvalue weighted by Crippen LogP contribution is -2.75. The zero-order valence-electron chi connectivity index (χ0n) is 31.1. The SMILES string of the molecule is CCCCCC(=O)N(C(=O)[C@@H](N)CCSC)[C@@]1(C(=O)NC(S)(S)Cc2ccccn2)C(=O)CCCC[C@@]2(SC[C@@H]3NC(=O)N[C@@H]32)C(=O)NC1c1ccccc1. The van der Waals surface area contributed by atoms with E-state index >= 15 is 14.4 Å². The summed E-state index contributed by atoms with van der Waals surface area (Å²) in [6.45, 7) is 1.97.